The Morgan fingerprint density at radius 1 is 0.900 bits per heavy atom. The van der Waals surface area contributed by atoms with E-state index < -0.39 is 11.7 Å². The summed E-state index contributed by atoms with van der Waals surface area (Å²) in [5, 5.41) is 0. The van der Waals surface area contributed by atoms with Crippen LogP contribution in [0, 0.1) is 0 Å². The molecule has 0 heterocycles. The van der Waals surface area contributed by atoms with Crippen molar-refractivity contribution in [3.05, 3.63) is 54.1 Å². The average molecular weight is 344 g/mol. The fourth-order valence-electron chi connectivity index (χ4n) is 1.68. The number of rotatable bonds is 3. The number of benzene rings is 2. The summed E-state index contributed by atoms with van der Waals surface area (Å²) in [6, 6.07) is 13.4. The molecule has 0 bridgehead atoms. The summed E-state index contributed by atoms with van der Waals surface area (Å²) in [6.45, 7) is 0. The van der Waals surface area contributed by atoms with Crippen molar-refractivity contribution in [2.24, 2.45) is 0 Å². The molecular weight excluding hydrogens is 330 g/mol. The number of halogens is 3. The van der Waals surface area contributed by atoms with Gasteiger partial charge in [-0.25, -0.2) is 0 Å². The van der Waals surface area contributed by atoms with Gasteiger partial charge in [0.25, 0.3) is 0 Å². The van der Waals surface area contributed by atoms with Crippen LogP contribution in [-0.4, -0.2) is 29.1 Å². The standard InChI is InChI=1S/C15H14F3NSe/c1-19(2)12-6-8-13(9-7-12)20-14-5-3-4-11(10-14)15(16,17)18/h3-10H,1-2H3. The second kappa shape index (κ2) is 5.90. The Labute approximate surface area is 122 Å². The molecule has 0 spiro atoms. The first kappa shape index (κ1) is 14.9. The van der Waals surface area contributed by atoms with Gasteiger partial charge in [0.2, 0.25) is 0 Å². The van der Waals surface area contributed by atoms with E-state index in [-0.39, 0.29) is 15.0 Å². The second-order valence-corrected chi connectivity index (χ2v) is 6.92. The molecule has 0 saturated carbocycles. The zero-order valence-corrected chi connectivity index (χ0v) is 12.8. The van der Waals surface area contributed by atoms with Crippen LogP contribution in [0.4, 0.5) is 18.9 Å². The van der Waals surface area contributed by atoms with Crippen molar-refractivity contribution in [3.8, 4) is 0 Å². The van der Waals surface area contributed by atoms with Crippen molar-refractivity contribution in [2.45, 2.75) is 6.18 Å². The molecule has 5 heteroatoms. The fraction of sp³-hybridized carbons (Fsp3) is 0.200. The van der Waals surface area contributed by atoms with Crippen LogP contribution in [0.15, 0.2) is 48.5 Å². The van der Waals surface area contributed by atoms with Crippen LogP contribution in [0.1, 0.15) is 5.56 Å². The van der Waals surface area contributed by atoms with Crippen LogP contribution in [0.3, 0.4) is 0 Å². The summed E-state index contributed by atoms with van der Waals surface area (Å²) < 4.78 is 39.7. The normalized spacial score (nSPS) is 11.4. The van der Waals surface area contributed by atoms with Crippen LogP contribution in [-0.2, 0) is 6.18 Å². The van der Waals surface area contributed by atoms with E-state index in [1.807, 2.05) is 43.3 Å². The zero-order valence-electron chi connectivity index (χ0n) is 11.1. The van der Waals surface area contributed by atoms with Gasteiger partial charge >= 0.3 is 122 Å². The Morgan fingerprint density at radius 2 is 1.55 bits per heavy atom. The first-order valence-corrected chi connectivity index (χ1v) is 7.70. The minimum absolute atomic E-state index is 0.119. The van der Waals surface area contributed by atoms with Crippen molar-refractivity contribution in [1.29, 1.82) is 0 Å². The summed E-state index contributed by atoms with van der Waals surface area (Å²) in [5.41, 5.74) is 0.496. The first-order chi connectivity index (χ1) is 9.36. The van der Waals surface area contributed by atoms with Gasteiger partial charge in [0.1, 0.15) is 0 Å². The molecule has 0 N–H and O–H groups in total. The van der Waals surface area contributed by atoms with E-state index in [0.717, 1.165) is 20.7 Å². The average Bonchev–Trinajstić information content (AvgIpc) is 2.38. The Hall–Kier alpha value is -1.45. The Bertz CT molecular complexity index is 576. The van der Waals surface area contributed by atoms with Crippen LogP contribution in [0.5, 0.6) is 0 Å². The third-order valence-corrected chi connectivity index (χ3v) is 4.84. The molecule has 0 unspecified atom stereocenters. The maximum atomic E-state index is 12.6. The van der Waals surface area contributed by atoms with Crippen molar-refractivity contribution in [1.82, 2.24) is 0 Å². The van der Waals surface area contributed by atoms with Gasteiger partial charge in [0, 0.05) is 0 Å². The molecule has 0 aliphatic carbocycles. The van der Waals surface area contributed by atoms with E-state index in [1.165, 1.54) is 12.1 Å². The summed E-state index contributed by atoms with van der Waals surface area (Å²) in [5.74, 6) is 0. The molecule has 1 nitrogen and oxygen atoms in total. The Balaban J connectivity index is 2.18. The van der Waals surface area contributed by atoms with E-state index in [0.29, 0.717) is 0 Å². The molecule has 0 atom stereocenters. The summed E-state index contributed by atoms with van der Waals surface area (Å²) in [4.78, 5) is 1.99. The topological polar surface area (TPSA) is 3.24 Å². The number of alkyl halides is 3. The van der Waals surface area contributed by atoms with Crippen molar-refractivity contribution < 1.29 is 13.2 Å². The summed E-state index contributed by atoms with van der Waals surface area (Å²) >= 11 is -0.119. The molecule has 0 amide bonds. The maximum absolute atomic E-state index is 12.6. The molecular formula is C15H14F3NSe. The molecule has 106 valence electrons. The molecule has 0 aromatic heterocycles. The molecule has 0 saturated heterocycles. The van der Waals surface area contributed by atoms with Gasteiger partial charge < -0.3 is 0 Å². The number of hydrogen-bond donors (Lipinski definition) is 0. The molecule has 20 heavy (non-hydrogen) atoms. The van der Waals surface area contributed by atoms with Gasteiger partial charge in [0.15, 0.2) is 0 Å². The van der Waals surface area contributed by atoms with Crippen molar-refractivity contribution >= 4 is 29.6 Å². The van der Waals surface area contributed by atoms with Crippen LogP contribution in [0.25, 0.3) is 0 Å². The van der Waals surface area contributed by atoms with Gasteiger partial charge in [-0.05, 0) is 0 Å². The Kier molecular flexibility index (Phi) is 4.41. The van der Waals surface area contributed by atoms with Gasteiger partial charge in [-0.3, -0.25) is 0 Å². The molecule has 0 aliphatic rings. The van der Waals surface area contributed by atoms with Crippen LogP contribution < -0.4 is 13.8 Å². The SMILES string of the molecule is CN(C)c1ccc([Se]c2cccc(C(F)(F)F)c2)cc1. The van der Waals surface area contributed by atoms with Crippen LogP contribution >= 0.6 is 0 Å². The van der Waals surface area contributed by atoms with Crippen LogP contribution in [0.2, 0.25) is 0 Å². The molecule has 0 fully saturated rings. The van der Waals surface area contributed by atoms with Gasteiger partial charge in [-0.2, -0.15) is 0 Å². The predicted molar refractivity (Wildman–Crippen MR) is 77.2 cm³/mol. The summed E-state index contributed by atoms with van der Waals surface area (Å²) in [6.07, 6.45) is -4.28. The van der Waals surface area contributed by atoms with E-state index in [1.54, 1.807) is 6.07 Å². The first-order valence-electron chi connectivity index (χ1n) is 5.99. The second-order valence-electron chi connectivity index (χ2n) is 4.52. The third kappa shape index (κ3) is 3.78. The van der Waals surface area contributed by atoms with Gasteiger partial charge in [-0.15, -0.1) is 0 Å². The van der Waals surface area contributed by atoms with E-state index >= 15 is 0 Å². The number of anilines is 1. The van der Waals surface area contributed by atoms with Gasteiger partial charge in [-0.1, -0.05) is 0 Å². The summed E-state index contributed by atoms with van der Waals surface area (Å²) in [7, 11) is 3.90. The third-order valence-electron chi connectivity index (χ3n) is 2.75. The molecule has 0 radical (unpaired) electrons. The van der Waals surface area contributed by atoms with Crippen molar-refractivity contribution in [3.63, 3.8) is 0 Å². The predicted octanol–water partition coefficient (Wildman–Crippen LogP) is 2.43. The molecule has 2 aromatic carbocycles. The van der Waals surface area contributed by atoms with Crippen molar-refractivity contribution in [2.75, 3.05) is 19.0 Å². The minimum atomic E-state index is -4.28. The number of nitrogens with zero attached hydrogens (tertiary/aromatic N) is 1. The molecule has 2 rings (SSSR count). The molecule has 2 aromatic rings. The molecule has 0 aliphatic heterocycles. The number of hydrogen-bond acceptors (Lipinski definition) is 1. The van der Waals surface area contributed by atoms with E-state index in [2.05, 4.69) is 0 Å². The zero-order chi connectivity index (χ0) is 14.8. The quantitative estimate of drug-likeness (QED) is 0.773. The van der Waals surface area contributed by atoms with Gasteiger partial charge in [0.05, 0.1) is 0 Å². The Morgan fingerprint density at radius 3 is 2.10 bits per heavy atom. The fourth-order valence-corrected chi connectivity index (χ4v) is 3.52. The monoisotopic (exact) mass is 345 g/mol. The van der Waals surface area contributed by atoms with E-state index in [9.17, 15) is 13.2 Å². The van der Waals surface area contributed by atoms with E-state index in [4.69, 9.17) is 0 Å².